The van der Waals surface area contributed by atoms with Gasteiger partial charge in [0.15, 0.2) is 0 Å². The normalized spacial score (nSPS) is 11.7. The molecule has 29 heavy (non-hydrogen) atoms. The maximum absolute atomic E-state index is 12.4. The van der Waals surface area contributed by atoms with Crippen LogP contribution in [0.1, 0.15) is 16.7 Å². The molecule has 0 saturated carbocycles. The molecule has 0 atom stereocenters. The Hall–Kier alpha value is -2.79. The summed E-state index contributed by atoms with van der Waals surface area (Å²) in [6.07, 6.45) is -4.83. The van der Waals surface area contributed by atoms with Crippen LogP contribution >= 0.6 is 0 Å². The average Bonchev–Trinajstić information content (AvgIpc) is 2.64. The van der Waals surface area contributed by atoms with Crippen LogP contribution in [0.4, 0.5) is 18.0 Å². The van der Waals surface area contributed by atoms with E-state index in [1.54, 1.807) is 24.3 Å². The molecule has 0 bridgehead atoms. The van der Waals surface area contributed by atoms with E-state index in [1.165, 1.54) is 25.2 Å². The Morgan fingerprint density at radius 1 is 1.00 bits per heavy atom. The predicted octanol–water partition coefficient (Wildman–Crippen LogP) is 2.63. The number of para-hydroxylation sites is 1. The number of benzene rings is 2. The Labute approximate surface area is 166 Å². The number of rotatable bonds is 8. The molecule has 158 valence electrons. The van der Waals surface area contributed by atoms with Gasteiger partial charge in [-0.05, 0) is 24.2 Å². The van der Waals surface area contributed by atoms with Crippen LogP contribution in [0.5, 0.6) is 5.75 Å². The number of alkyl halides is 3. The van der Waals surface area contributed by atoms with Crippen molar-refractivity contribution in [3.8, 4) is 5.75 Å². The number of urea groups is 1. The molecule has 2 aromatic carbocycles. The van der Waals surface area contributed by atoms with Gasteiger partial charge in [-0.1, -0.05) is 42.5 Å². The Kier molecular flexibility index (Phi) is 7.46. The Balaban J connectivity index is 1.90. The van der Waals surface area contributed by atoms with E-state index in [0.717, 1.165) is 6.07 Å². The second kappa shape index (κ2) is 9.61. The van der Waals surface area contributed by atoms with Crippen molar-refractivity contribution in [3.63, 3.8) is 0 Å². The van der Waals surface area contributed by atoms with E-state index in [4.69, 9.17) is 0 Å². The molecule has 0 radical (unpaired) electrons. The third kappa shape index (κ3) is 8.00. The molecule has 2 amide bonds. The lowest BCUT2D eigenvalue weighted by molar-refractivity contribution is -0.274. The molecule has 0 aromatic heterocycles. The van der Waals surface area contributed by atoms with Gasteiger partial charge in [0.05, 0.1) is 5.75 Å². The van der Waals surface area contributed by atoms with Gasteiger partial charge in [0.2, 0.25) is 10.0 Å². The minimum absolute atomic E-state index is 0.111. The van der Waals surface area contributed by atoms with Crippen LogP contribution in [0.2, 0.25) is 0 Å². The van der Waals surface area contributed by atoms with Gasteiger partial charge in [-0.2, -0.15) is 0 Å². The minimum atomic E-state index is -4.83. The number of halogens is 3. The molecule has 0 saturated heterocycles. The maximum Gasteiger partial charge on any atom is 0.573 e. The first kappa shape index (κ1) is 22.5. The highest BCUT2D eigenvalue weighted by atomic mass is 32.2. The quantitative estimate of drug-likeness (QED) is 0.599. The van der Waals surface area contributed by atoms with E-state index < -0.39 is 28.2 Å². The minimum Gasteiger partial charge on any atom is -0.405 e. The van der Waals surface area contributed by atoms with Crippen LogP contribution in [0.25, 0.3) is 0 Å². The number of sulfonamides is 1. The molecule has 0 unspecified atom stereocenters. The second-order valence-electron chi connectivity index (χ2n) is 5.97. The molecular formula is C18H20F3N3O4S. The summed E-state index contributed by atoms with van der Waals surface area (Å²) >= 11 is 0. The molecule has 0 aliphatic heterocycles. The van der Waals surface area contributed by atoms with Crippen molar-refractivity contribution >= 4 is 16.1 Å². The fourth-order valence-corrected chi connectivity index (χ4v) is 3.18. The molecule has 2 rings (SSSR count). The number of nitrogens with one attached hydrogen (secondary N) is 3. The smallest absolute Gasteiger partial charge is 0.405 e. The van der Waals surface area contributed by atoms with Gasteiger partial charge in [-0.25, -0.2) is 17.9 Å². The standard InChI is InChI=1S/C18H20F3N3O4S/c1-22-29(26,27)12-14-6-4-5-13(9-14)10-23-17(25)24-11-15-7-2-3-8-16(15)28-18(19,20)21/h2-9,22H,10-12H2,1H3,(H2,23,24,25). The number of ether oxygens (including phenoxy) is 1. The van der Waals surface area contributed by atoms with E-state index >= 15 is 0 Å². The lowest BCUT2D eigenvalue weighted by Crippen LogP contribution is -2.34. The first-order valence-electron chi connectivity index (χ1n) is 8.42. The molecule has 0 spiro atoms. The van der Waals surface area contributed by atoms with Gasteiger partial charge in [-0.15, -0.1) is 13.2 Å². The van der Waals surface area contributed by atoms with E-state index in [1.807, 2.05) is 0 Å². The highest BCUT2D eigenvalue weighted by molar-refractivity contribution is 7.88. The average molecular weight is 431 g/mol. The first-order valence-corrected chi connectivity index (χ1v) is 10.1. The van der Waals surface area contributed by atoms with Crippen LogP contribution < -0.4 is 20.1 Å². The fraction of sp³-hybridized carbons (Fsp3) is 0.278. The van der Waals surface area contributed by atoms with Gasteiger partial charge in [0, 0.05) is 18.7 Å². The highest BCUT2D eigenvalue weighted by Crippen LogP contribution is 2.26. The first-order chi connectivity index (χ1) is 13.6. The third-order valence-electron chi connectivity index (χ3n) is 3.75. The molecule has 2 aromatic rings. The summed E-state index contributed by atoms with van der Waals surface area (Å²) in [4.78, 5) is 12.0. The summed E-state index contributed by atoms with van der Waals surface area (Å²) in [5.74, 6) is -0.585. The van der Waals surface area contributed by atoms with Crippen molar-refractivity contribution in [1.82, 2.24) is 15.4 Å². The molecule has 11 heteroatoms. The zero-order valence-electron chi connectivity index (χ0n) is 15.4. The zero-order valence-corrected chi connectivity index (χ0v) is 16.2. The number of hydrogen-bond donors (Lipinski definition) is 3. The largest absolute Gasteiger partial charge is 0.573 e. The highest BCUT2D eigenvalue weighted by Gasteiger charge is 2.31. The van der Waals surface area contributed by atoms with E-state index in [-0.39, 0.29) is 24.4 Å². The molecule has 0 aliphatic carbocycles. The molecule has 7 nitrogen and oxygen atoms in total. The topological polar surface area (TPSA) is 96.5 Å². The third-order valence-corrected chi connectivity index (χ3v) is 5.09. The van der Waals surface area contributed by atoms with Crippen molar-refractivity contribution in [2.75, 3.05) is 7.05 Å². The number of amides is 2. The summed E-state index contributed by atoms with van der Waals surface area (Å²) in [5, 5.41) is 5.02. The van der Waals surface area contributed by atoms with Gasteiger partial charge in [0.25, 0.3) is 0 Å². The molecule has 0 fully saturated rings. The Bertz CT molecular complexity index is 949. The van der Waals surface area contributed by atoms with E-state index in [0.29, 0.717) is 11.1 Å². The number of carbonyl (C=O) groups excluding carboxylic acids is 1. The monoisotopic (exact) mass is 431 g/mol. The van der Waals surface area contributed by atoms with Crippen molar-refractivity contribution in [2.24, 2.45) is 0 Å². The molecule has 3 N–H and O–H groups in total. The van der Waals surface area contributed by atoms with Crippen molar-refractivity contribution < 1.29 is 31.1 Å². The predicted molar refractivity (Wildman–Crippen MR) is 100 cm³/mol. The Morgan fingerprint density at radius 3 is 2.34 bits per heavy atom. The van der Waals surface area contributed by atoms with Crippen molar-refractivity contribution in [3.05, 3.63) is 65.2 Å². The van der Waals surface area contributed by atoms with Gasteiger partial charge < -0.3 is 15.4 Å². The lowest BCUT2D eigenvalue weighted by atomic mass is 10.1. The molecule has 0 heterocycles. The zero-order chi connectivity index (χ0) is 21.5. The van der Waals surface area contributed by atoms with Gasteiger partial charge in [-0.3, -0.25) is 0 Å². The van der Waals surface area contributed by atoms with Crippen LogP contribution in [0.3, 0.4) is 0 Å². The summed E-state index contributed by atoms with van der Waals surface area (Å²) in [5.41, 5.74) is 1.39. The van der Waals surface area contributed by atoms with E-state index in [2.05, 4.69) is 20.1 Å². The van der Waals surface area contributed by atoms with Crippen LogP contribution in [0, 0.1) is 0 Å². The van der Waals surface area contributed by atoms with E-state index in [9.17, 15) is 26.4 Å². The lowest BCUT2D eigenvalue weighted by Gasteiger charge is -2.14. The van der Waals surface area contributed by atoms with Gasteiger partial charge >= 0.3 is 12.4 Å². The Morgan fingerprint density at radius 2 is 1.66 bits per heavy atom. The second-order valence-corrected chi connectivity index (χ2v) is 7.90. The van der Waals surface area contributed by atoms with Crippen LogP contribution in [-0.2, 0) is 28.9 Å². The van der Waals surface area contributed by atoms with Crippen LogP contribution in [0.15, 0.2) is 48.5 Å². The SMILES string of the molecule is CNS(=O)(=O)Cc1cccc(CNC(=O)NCc2ccccc2OC(F)(F)F)c1. The molecular weight excluding hydrogens is 411 g/mol. The molecule has 0 aliphatic rings. The summed E-state index contributed by atoms with van der Waals surface area (Å²) in [6, 6.07) is 11.6. The number of hydrogen-bond acceptors (Lipinski definition) is 4. The van der Waals surface area contributed by atoms with Crippen molar-refractivity contribution in [2.45, 2.75) is 25.2 Å². The van der Waals surface area contributed by atoms with Crippen LogP contribution in [-0.4, -0.2) is 27.9 Å². The number of carbonyl (C=O) groups is 1. The fourth-order valence-electron chi connectivity index (χ4n) is 2.42. The van der Waals surface area contributed by atoms with Gasteiger partial charge in [0.1, 0.15) is 5.75 Å². The summed E-state index contributed by atoms with van der Waals surface area (Å²) in [7, 11) is -2.10. The van der Waals surface area contributed by atoms with Crippen molar-refractivity contribution in [1.29, 1.82) is 0 Å². The summed E-state index contributed by atoms with van der Waals surface area (Å²) < 4.78 is 66.6. The maximum atomic E-state index is 12.4. The summed E-state index contributed by atoms with van der Waals surface area (Å²) in [6.45, 7) is -0.0570.